The van der Waals surface area contributed by atoms with Crippen molar-refractivity contribution >= 4 is 32.8 Å². The molecule has 0 atom stereocenters. The number of carboxylic acids is 1. The summed E-state index contributed by atoms with van der Waals surface area (Å²) in [5, 5.41) is 20.0. The highest BCUT2D eigenvalue weighted by molar-refractivity contribution is 9.10. The third kappa shape index (κ3) is 2.17. The Labute approximate surface area is 127 Å². The first kappa shape index (κ1) is 13.6. The van der Waals surface area contributed by atoms with Gasteiger partial charge in [0.25, 0.3) is 0 Å². The Morgan fingerprint density at radius 1 is 1.14 bits per heavy atom. The zero-order valence-electron chi connectivity index (χ0n) is 10.5. The van der Waals surface area contributed by atoms with Crippen LogP contribution in [0.15, 0.2) is 46.9 Å². The number of carboxylic acid groups (broad SMARTS) is 1. The van der Waals surface area contributed by atoms with Crippen molar-refractivity contribution in [3.63, 3.8) is 0 Å². The number of aromatic hydroxyl groups is 1. The van der Waals surface area contributed by atoms with E-state index in [1.807, 2.05) is 0 Å². The number of fused-ring (bicyclic) bond motifs is 1. The van der Waals surface area contributed by atoms with Crippen LogP contribution >= 0.6 is 15.9 Å². The zero-order chi connectivity index (χ0) is 15.1. The molecular formula is C15H9BrFNO3. The van der Waals surface area contributed by atoms with Gasteiger partial charge in [-0.05, 0) is 42.5 Å². The van der Waals surface area contributed by atoms with Crippen LogP contribution in [0.25, 0.3) is 16.6 Å². The molecule has 0 aliphatic heterocycles. The molecule has 0 fully saturated rings. The fourth-order valence-electron chi connectivity index (χ4n) is 2.30. The number of hydrogen-bond acceptors (Lipinski definition) is 2. The number of aromatic carboxylic acids is 1. The van der Waals surface area contributed by atoms with Gasteiger partial charge in [-0.25, -0.2) is 9.18 Å². The van der Waals surface area contributed by atoms with E-state index in [0.29, 0.717) is 16.6 Å². The fourth-order valence-corrected chi connectivity index (χ4v) is 2.66. The van der Waals surface area contributed by atoms with Gasteiger partial charge in [-0.3, -0.25) is 0 Å². The van der Waals surface area contributed by atoms with Gasteiger partial charge in [0.15, 0.2) is 11.4 Å². The van der Waals surface area contributed by atoms with Crippen molar-refractivity contribution < 1.29 is 19.4 Å². The highest BCUT2D eigenvalue weighted by Crippen LogP contribution is 2.36. The number of aromatic nitrogens is 1. The predicted octanol–water partition coefficient (Wildman–Crippen LogP) is 3.94. The molecule has 106 valence electrons. The van der Waals surface area contributed by atoms with E-state index >= 15 is 0 Å². The first-order valence-corrected chi connectivity index (χ1v) is 6.80. The number of benzene rings is 2. The van der Waals surface area contributed by atoms with E-state index in [1.165, 1.54) is 28.8 Å². The van der Waals surface area contributed by atoms with E-state index < -0.39 is 11.8 Å². The van der Waals surface area contributed by atoms with Crippen LogP contribution in [0.4, 0.5) is 4.39 Å². The van der Waals surface area contributed by atoms with Crippen molar-refractivity contribution in [2.75, 3.05) is 0 Å². The lowest BCUT2D eigenvalue weighted by atomic mass is 10.2. The van der Waals surface area contributed by atoms with Crippen LogP contribution in [0.3, 0.4) is 0 Å². The molecule has 0 aliphatic rings. The van der Waals surface area contributed by atoms with Crippen molar-refractivity contribution in [3.05, 3.63) is 58.4 Å². The molecule has 1 heterocycles. The maximum Gasteiger partial charge on any atom is 0.356 e. The Morgan fingerprint density at radius 3 is 2.43 bits per heavy atom. The van der Waals surface area contributed by atoms with Crippen molar-refractivity contribution in [2.45, 2.75) is 0 Å². The van der Waals surface area contributed by atoms with Crippen molar-refractivity contribution in [2.24, 2.45) is 0 Å². The Morgan fingerprint density at radius 2 is 1.81 bits per heavy atom. The molecule has 3 aromatic rings. The molecular weight excluding hydrogens is 341 g/mol. The lowest BCUT2D eigenvalue weighted by Crippen LogP contribution is -2.06. The molecule has 0 radical (unpaired) electrons. The van der Waals surface area contributed by atoms with Crippen LogP contribution in [-0.2, 0) is 0 Å². The smallest absolute Gasteiger partial charge is 0.356 e. The summed E-state index contributed by atoms with van der Waals surface area (Å²) >= 11 is 3.29. The Hall–Kier alpha value is -2.34. The summed E-state index contributed by atoms with van der Waals surface area (Å²) in [6, 6.07) is 10.5. The molecule has 4 nitrogen and oxygen atoms in total. The van der Waals surface area contributed by atoms with E-state index in [1.54, 1.807) is 18.2 Å². The summed E-state index contributed by atoms with van der Waals surface area (Å²) in [6.45, 7) is 0. The number of rotatable bonds is 2. The highest BCUT2D eigenvalue weighted by Gasteiger charge is 2.23. The van der Waals surface area contributed by atoms with Crippen molar-refractivity contribution in [1.29, 1.82) is 0 Å². The normalized spacial score (nSPS) is 11.0. The lowest BCUT2D eigenvalue weighted by Gasteiger charge is -2.08. The number of nitrogens with zero attached hydrogens (tertiary/aromatic N) is 1. The second kappa shape index (κ2) is 4.89. The van der Waals surface area contributed by atoms with Gasteiger partial charge in [-0.2, -0.15) is 0 Å². The Bertz CT molecular complexity index is 855. The highest BCUT2D eigenvalue weighted by atomic mass is 79.9. The minimum atomic E-state index is -1.26. The van der Waals surface area contributed by atoms with Gasteiger partial charge in [-0.1, -0.05) is 15.9 Å². The zero-order valence-corrected chi connectivity index (χ0v) is 12.1. The van der Waals surface area contributed by atoms with Gasteiger partial charge in [0.05, 0.1) is 5.52 Å². The van der Waals surface area contributed by atoms with E-state index in [0.717, 1.165) is 4.47 Å². The quantitative estimate of drug-likeness (QED) is 0.736. The van der Waals surface area contributed by atoms with Crippen LogP contribution in [0.2, 0.25) is 0 Å². The third-order valence-electron chi connectivity index (χ3n) is 3.19. The van der Waals surface area contributed by atoms with Crippen LogP contribution in [-0.4, -0.2) is 20.7 Å². The number of carbonyl (C=O) groups is 1. The molecule has 0 unspecified atom stereocenters. The monoisotopic (exact) mass is 349 g/mol. The largest absolute Gasteiger partial charge is 0.505 e. The summed E-state index contributed by atoms with van der Waals surface area (Å²) in [7, 11) is 0. The molecule has 0 saturated heterocycles. The number of hydrogen-bond donors (Lipinski definition) is 2. The van der Waals surface area contributed by atoms with Crippen LogP contribution < -0.4 is 0 Å². The third-order valence-corrected chi connectivity index (χ3v) is 3.68. The number of halogens is 2. The molecule has 0 spiro atoms. The van der Waals surface area contributed by atoms with Crippen LogP contribution in [0.5, 0.6) is 5.75 Å². The van der Waals surface area contributed by atoms with Crippen LogP contribution in [0.1, 0.15) is 10.5 Å². The van der Waals surface area contributed by atoms with Crippen molar-refractivity contribution in [1.82, 2.24) is 4.57 Å². The predicted molar refractivity (Wildman–Crippen MR) is 79.6 cm³/mol. The molecule has 0 saturated carbocycles. The lowest BCUT2D eigenvalue weighted by molar-refractivity contribution is 0.0685. The van der Waals surface area contributed by atoms with Gasteiger partial charge < -0.3 is 14.8 Å². The molecule has 0 amide bonds. The SMILES string of the molecule is O=C(O)c1c(O)c2cc(Br)ccc2n1-c1ccc(F)cc1. The first-order chi connectivity index (χ1) is 9.99. The molecule has 6 heteroatoms. The molecule has 2 aromatic carbocycles. The van der Waals surface area contributed by atoms with Crippen molar-refractivity contribution in [3.8, 4) is 11.4 Å². The van der Waals surface area contributed by atoms with E-state index in [4.69, 9.17) is 0 Å². The Kier molecular flexibility index (Phi) is 3.17. The van der Waals surface area contributed by atoms with Gasteiger partial charge in [0, 0.05) is 15.5 Å². The van der Waals surface area contributed by atoms with Crippen LogP contribution in [0, 0.1) is 5.82 Å². The first-order valence-electron chi connectivity index (χ1n) is 6.01. The summed E-state index contributed by atoms with van der Waals surface area (Å²) in [6.07, 6.45) is 0. The molecule has 3 rings (SSSR count). The van der Waals surface area contributed by atoms with Gasteiger partial charge >= 0.3 is 5.97 Å². The van der Waals surface area contributed by atoms with E-state index in [9.17, 15) is 19.4 Å². The topological polar surface area (TPSA) is 62.5 Å². The maximum absolute atomic E-state index is 13.1. The average Bonchev–Trinajstić information content (AvgIpc) is 2.73. The van der Waals surface area contributed by atoms with Gasteiger partial charge in [-0.15, -0.1) is 0 Å². The molecule has 1 aromatic heterocycles. The minimum Gasteiger partial charge on any atom is -0.505 e. The van der Waals surface area contributed by atoms with E-state index in [2.05, 4.69) is 15.9 Å². The fraction of sp³-hybridized carbons (Fsp3) is 0. The minimum absolute atomic E-state index is 0.255. The standard InChI is InChI=1S/C15H9BrFNO3/c16-8-1-6-12-11(7-8)14(19)13(15(20)21)18(12)10-4-2-9(17)3-5-10/h1-7,19H,(H,20,21). The summed E-state index contributed by atoms with van der Waals surface area (Å²) < 4.78 is 15.2. The summed E-state index contributed by atoms with van der Waals surface area (Å²) in [5.74, 6) is -1.99. The van der Waals surface area contributed by atoms with E-state index in [-0.39, 0.29) is 11.4 Å². The Balaban J connectivity index is 2.42. The molecule has 2 N–H and O–H groups in total. The summed E-state index contributed by atoms with van der Waals surface area (Å²) in [5.41, 5.74) is 0.732. The molecule has 0 bridgehead atoms. The maximum atomic E-state index is 13.1. The van der Waals surface area contributed by atoms with Gasteiger partial charge in [0.2, 0.25) is 0 Å². The van der Waals surface area contributed by atoms with Gasteiger partial charge in [0.1, 0.15) is 5.82 Å². The second-order valence-electron chi connectivity index (χ2n) is 4.48. The summed E-state index contributed by atoms with van der Waals surface area (Å²) in [4.78, 5) is 11.5. The molecule has 21 heavy (non-hydrogen) atoms. The second-order valence-corrected chi connectivity index (χ2v) is 5.39. The molecule has 0 aliphatic carbocycles. The average molecular weight is 350 g/mol.